The van der Waals surface area contributed by atoms with E-state index in [2.05, 4.69) is 12.0 Å². The van der Waals surface area contributed by atoms with Gasteiger partial charge in [0.15, 0.2) is 5.82 Å². The fourth-order valence-corrected chi connectivity index (χ4v) is 4.21. The van der Waals surface area contributed by atoms with E-state index in [0.29, 0.717) is 17.9 Å². The Morgan fingerprint density at radius 1 is 0.909 bits per heavy atom. The number of unbranched alkanes of at least 4 members (excludes halogenated alkanes) is 13. The molecule has 0 aliphatic carbocycles. The Hall–Kier alpha value is -2.05. The van der Waals surface area contributed by atoms with Crippen LogP contribution in [-0.4, -0.2) is 21.1 Å². The number of benzene rings is 1. The molecule has 1 aromatic carbocycles. The maximum Gasteiger partial charge on any atom is 0.442 e. The van der Waals surface area contributed by atoms with E-state index < -0.39 is 6.09 Å². The van der Waals surface area contributed by atoms with Crippen molar-refractivity contribution in [2.75, 3.05) is 5.48 Å². The lowest BCUT2D eigenvalue weighted by Crippen LogP contribution is -2.20. The first-order valence-electron chi connectivity index (χ1n) is 12.6. The van der Waals surface area contributed by atoms with Gasteiger partial charge in [0.25, 0.3) is 0 Å². The van der Waals surface area contributed by atoms with Crippen LogP contribution in [0.15, 0.2) is 30.3 Å². The molecule has 2 N–H and O–H groups in total. The van der Waals surface area contributed by atoms with E-state index in [4.69, 9.17) is 16.3 Å². The number of aryl methyl sites for hydroxylation is 1. The molecule has 7 heteroatoms. The summed E-state index contributed by atoms with van der Waals surface area (Å²) in [4.78, 5) is 12.4. The molecule has 2 rings (SSSR count). The number of hydrogen-bond acceptors (Lipinski definition) is 5. The molecule has 0 atom stereocenters. The molecule has 0 saturated carbocycles. The third kappa shape index (κ3) is 10.2. The zero-order chi connectivity index (χ0) is 23.7. The quantitative estimate of drug-likeness (QED) is 0.176. The molecule has 184 valence electrons. The van der Waals surface area contributed by atoms with Gasteiger partial charge in [-0.25, -0.2) is 4.79 Å². The van der Waals surface area contributed by atoms with Gasteiger partial charge in [-0.15, -0.1) is 4.68 Å². The highest BCUT2D eigenvalue weighted by atomic mass is 35.5. The number of ether oxygens (including phenoxy) is 1. The van der Waals surface area contributed by atoms with Gasteiger partial charge in [-0.1, -0.05) is 120 Å². The normalized spacial score (nSPS) is 11.0. The van der Waals surface area contributed by atoms with Crippen molar-refractivity contribution < 1.29 is 14.7 Å². The standard InChI is InChI=1S/C26H40ClN3O3/c1-2-3-4-5-6-7-8-9-10-11-12-13-14-18-21-23-24(27)25(29-32)30(28-23)26(31)33-22-19-16-15-17-20-22/h15-17,19-20,29,32H,2-14,18,21H2,1H3. The third-order valence-electron chi connectivity index (χ3n) is 5.89. The van der Waals surface area contributed by atoms with Crippen LogP contribution in [0.25, 0.3) is 0 Å². The zero-order valence-corrected chi connectivity index (χ0v) is 20.8. The highest BCUT2D eigenvalue weighted by Gasteiger charge is 2.21. The van der Waals surface area contributed by atoms with Gasteiger partial charge < -0.3 is 4.74 Å². The minimum atomic E-state index is -0.730. The first-order valence-corrected chi connectivity index (χ1v) is 13.0. The van der Waals surface area contributed by atoms with E-state index in [1.807, 2.05) is 11.5 Å². The number of hydrogen-bond donors (Lipinski definition) is 2. The Balaban J connectivity index is 1.61. The Kier molecular flexibility index (Phi) is 13.6. The highest BCUT2D eigenvalue weighted by Crippen LogP contribution is 2.27. The number of rotatable bonds is 17. The molecule has 0 aliphatic heterocycles. The van der Waals surface area contributed by atoms with E-state index in [1.165, 1.54) is 77.0 Å². The molecule has 0 fully saturated rings. The largest absolute Gasteiger partial charge is 0.442 e. The minimum Gasteiger partial charge on any atom is -0.409 e. The lowest BCUT2D eigenvalue weighted by atomic mass is 10.0. The average molecular weight is 478 g/mol. The summed E-state index contributed by atoms with van der Waals surface area (Å²) in [5.74, 6) is 0.421. The summed E-state index contributed by atoms with van der Waals surface area (Å²) in [7, 11) is 0. The van der Waals surface area contributed by atoms with Crippen LogP contribution in [-0.2, 0) is 6.42 Å². The van der Waals surface area contributed by atoms with Crippen LogP contribution in [0, 0.1) is 0 Å². The van der Waals surface area contributed by atoms with Crippen molar-refractivity contribution in [3.8, 4) is 5.75 Å². The summed E-state index contributed by atoms with van der Waals surface area (Å²) in [6.07, 6.45) is 18.1. The molecule has 6 nitrogen and oxygen atoms in total. The number of carbonyl (C=O) groups is 1. The Labute approximate surface area is 203 Å². The minimum absolute atomic E-state index is 0.0259. The van der Waals surface area contributed by atoms with Gasteiger partial charge in [0, 0.05) is 0 Å². The molecule has 0 unspecified atom stereocenters. The summed E-state index contributed by atoms with van der Waals surface area (Å²) in [5, 5.41) is 13.9. The van der Waals surface area contributed by atoms with Crippen LogP contribution in [0.1, 0.15) is 103 Å². The van der Waals surface area contributed by atoms with Crippen molar-refractivity contribution in [2.45, 2.75) is 103 Å². The van der Waals surface area contributed by atoms with E-state index in [0.717, 1.165) is 17.5 Å². The van der Waals surface area contributed by atoms with Crippen molar-refractivity contribution in [1.82, 2.24) is 9.78 Å². The summed E-state index contributed by atoms with van der Waals surface area (Å²) in [5.41, 5.74) is 2.55. The summed E-state index contributed by atoms with van der Waals surface area (Å²) >= 11 is 6.32. The number of nitrogens with one attached hydrogen (secondary N) is 1. The molecule has 2 aromatic rings. The predicted octanol–water partition coefficient (Wildman–Crippen LogP) is 8.41. The van der Waals surface area contributed by atoms with E-state index in [1.54, 1.807) is 24.3 Å². The van der Waals surface area contributed by atoms with E-state index in [9.17, 15) is 10.0 Å². The monoisotopic (exact) mass is 477 g/mol. The van der Waals surface area contributed by atoms with Crippen LogP contribution in [0.4, 0.5) is 10.6 Å². The molecule has 0 bridgehead atoms. The molecule has 33 heavy (non-hydrogen) atoms. The van der Waals surface area contributed by atoms with Gasteiger partial charge in [0.05, 0.1) is 5.69 Å². The van der Waals surface area contributed by atoms with Crippen LogP contribution in [0.3, 0.4) is 0 Å². The van der Waals surface area contributed by atoms with E-state index >= 15 is 0 Å². The number of nitrogens with zero attached hydrogens (tertiary/aromatic N) is 2. The van der Waals surface area contributed by atoms with Crippen LogP contribution >= 0.6 is 11.6 Å². The molecule has 0 aliphatic rings. The molecular formula is C26H40ClN3O3. The molecule has 0 spiro atoms. The molecule has 0 amide bonds. The van der Waals surface area contributed by atoms with Gasteiger partial charge in [-0.3, -0.25) is 10.7 Å². The van der Waals surface area contributed by atoms with E-state index in [-0.39, 0.29) is 10.8 Å². The number of aromatic nitrogens is 2. The third-order valence-corrected chi connectivity index (χ3v) is 6.29. The summed E-state index contributed by atoms with van der Waals surface area (Å²) < 4.78 is 6.26. The number of halogens is 1. The SMILES string of the molecule is CCCCCCCCCCCCCCCCc1nn(C(=O)Oc2ccccc2)c(NO)c1Cl. The van der Waals surface area contributed by atoms with Crippen LogP contribution in [0.2, 0.25) is 5.02 Å². The van der Waals surface area contributed by atoms with Gasteiger partial charge >= 0.3 is 6.09 Å². The van der Waals surface area contributed by atoms with Gasteiger partial charge in [0.2, 0.25) is 0 Å². The Morgan fingerprint density at radius 3 is 1.94 bits per heavy atom. The Bertz CT molecular complexity index is 796. The van der Waals surface area contributed by atoms with Crippen molar-refractivity contribution in [2.24, 2.45) is 0 Å². The van der Waals surface area contributed by atoms with Gasteiger partial charge in [0.1, 0.15) is 10.8 Å². The fourth-order valence-electron chi connectivity index (χ4n) is 3.95. The summed E-state index contributed by atoms with van der Waals surface area (Å²) in [6.45, 7) is 2.26. The van der Waals surface area contributed by atoms with Gasteiger partial charge in [-0.05, 0) is 25.0 Å². The molecule has 1 heterocycles. The number of para-hydroxylation sites is 1. The molecule has 1 aromatic heterocycles. The van der Waals surface area contributed by atoms with Crippen molar-refractivity contribution in [3.05, 3.63) is 41.0 Å². The summed E-state index contributed by atoms with van der Waals surface area (Å²) in [6, 6.07) is 8.71. The van der Waals surface area contributed by atoms with Crippen LogP contribution in [0.5, 0.6) is 5.75 Å². The molecule has 0 radical (unpaired) electrons. The van der Waals surface area contributed by atoms with Crippen LogP contribution < -0.4 is 10.2 Å². The second kappa shape index (κ2) is 16.5. The average Bonchev–Trinajstić information content (AvgIpc) is 3.15. The van der Waals surface area contributed by atoms with Crippen molar-refractivity contribution in [3.63, 3.8) is 0 Å². The van der Waals surface area contributed by atoms with Crippen molar-refractivity contribution >= 4 is 23.5 Å². The highest BCUT2D eigenvalue weighted by molar-refractivity contribution is 6.33. The van der Waals surface area contributed by atoms with Gasteiger partial charge in [-0.2, -0.15) is 5.10 Å². The maximum atomic E-state index is 12.4. The van der Waals surface area contributed by atoms with Crippen molar-refractivity contribution in [1.29, 1.82) is 0 Å². The zero-order valence-electron chi connectivity index (χ0n) is 20.0. The molecule has 0 saturated heterocycles. The maximum absolute atomic E-state index is 12.4. The number of carbonyl (C=O) groups excluding carboxylic acids is 1. The molecular weight excluding hydrogens is 438 g/mol. The second-order valence-corrected chi connectivity index (χ2v) is 9.04. The lowest BCUT2D eigenvalue weighted by Gasteiger charge is -2.06. The smallest absolute Gasteiger partial charge is 0.409 e. The predicted molar refractivity (Wildman–Crippen MR) is 135 cm³/mol. The lowest BCUT2D eigenvalue weighted by molar-refractivity contribution is 0.198. The topological polar surface area (TPSA) is 76.4 Å². The Morgan fingerprint density at radius 2 is 1.42 bits per heavy atom. The first-order chi connectivity index (χ1) is 16.2. The second-order valence-electron chi connectivity index (χ2n) is 8.66. The first kappa shape index (κ1) is 27.2. The number of anilines is 1. The fraction of sp³-hybridized carbons (Fsp3) is 0.615.